The quantitative estimate of drug-likeness (QED) is 0.825. The summed E-state index contributed by atoms with van der Waals surface area (Å²) in [6.07, 6.45) is 2.13. The number of aromatic nitrogens is 2. The van der Waals surface area contributed by atoms with Gasteiger partial charge in [0, 0.05) is 37.9 Å². The lowest BCUT2D eigenvalue weighted by Gasteiger charge is -2.32. The lowest BCUT2D eigenvalue weighted by Crippen LogP contribution is -2.48. The third kappa shape index (κ3) is 4.18. The van der Waals surface area contributed by atoms with Gasteiger partial charge < -0.3 is 15.1 Å². The predicted octanol–water partition coefficient (Wildman–Crippen LogP) is 2.44. The fourth-order valence-electron chi connectivity index (χ4n) is 2.46. The van der Waals surface area contributed by atoms with Crippen LogP contribution in [0.15, 0.2) is 30.6 Å². The standard InChI is InChI=1S/C16H15Cl2N5O2/c17-12-2-1-11(7-13(12)18)21-15-8-14(19-9-20-15)16(25)23-5-3-22(10-24)4-6-23/h1-2,7-10H,3-6H2,(H,19,20,21). The molecular formula is C16H15Cl2N5O2. The highest BCUT2D eigenvalue weighted by molar-refractivity contribution is 6.42. The molecule has 1 aliphatic rings. The van der Waals surface area contributed by atoms with E-state index in [4.69, 9.17) is 23.2 Å². The summed E-state index contributed by atoms with van der Waals surface area (Å²) in [5.41, 5.74) is 0.989. The van der Waals surface area contributed by atoms with Crippen LogP contribution in [0.1, 0.15) is 10.5 Å². The van der Waals surface area contributed by atoms with Crippen LogP contribution in [0, 0.1) is 0 Å². The summed E-state index contributed by atoms with van der Waals surface area (Å²) < 4.78 is 0. The number of rotatable bonds is 4. The Morgan fingerprint density at radius 3 is 2.52 bits per heavy atom. The molecule has 0 atom stereocenters. The molecule has 0 spiro atoms. The van der Waals surface area contributed by atoms with E-state index < -0.39 is 0 Å². The maximum absolute atomic E-state index is 12.6. The van der Waals surface area contributed by atoms with Crippen LogP contribution in [0.3, 0.4) is 0 Å². The molecule has 1 saturated heterocycles. The van der Waals surface area contributed by atoms with Crippen molar-refractivity contribution in [3.63, 3.8) is 0 Å². The molecule has 3 rings (SSSR count). The van der Waals surface area contributed by atoms with E-state index in [0.29, 0.717) is 47.7 Å². The molecule has 130 valence electrons. The highest BCUT2D eigenvalue weighted by Crippen LogP contribution is 2.26. The molecule has 2 amide bonds. The van der Waals surface area contributed by atoms with Crippen molar-refractivity contribution in [1.82, 2.24) is 19.8 Å². The summed E-state index contributed by atoms with van der Waals surface area (Å²) in [7, 11) is 0. The van der Waals surface area contributed by atoms with E-state index in [1.807, 2.05) is 0 Å². The second-order valence-corrected chi connectivity index (χ2v) is 6.29. The van der Waals surface area contributed by atoms with E-state index in [-0.39, 0.29) is 11.6 Å². The number of amides is 2. The number of piperazine rings is 1. The number of carbonyl (C=O) groups is 2. The van der Waals surface area contributed by atoms with Crippen molar-refractivity contribution in [2.75, 3.05) is 31.5 Å². The van der Waals surface area contributed by atoms with Crippen molar-refractivity contribution in [3.8, 4) is 0 Å². The molecule has 1 aliphatic heterocycles. The predicted molar refractivity (Wildman–Crippen MR) is 95.3 cm³/mol. The lowest BCUT2D eigenvalue weighted by molar-refractivity contribution is -0.119. The Morgan fingerprint density at radius 2 is 1.84 bits per heavy atom. The smallest absolute Gasteiger partial charge is 0.272 e. The van der Waals surface area contributed by atoms with E-state index in [1.54, 1.807) is 34.1 Å². The molecule has 1 N–H and O–H groups in total. The van der Waals surface area contributed by atoms with Crippen LogP contribution < -0.4 is 5.32 Å². The fourth-order valence-corrected chi connectivity index (χ4v) is 2.75. The largest absolute Gasteiger partial charge is 0.342 e. The average Bonchev–Trinajstić information content (AvgIpc) is 2.64. The van der Waals surface area contributed by atoms with Gasteiger partial charge in [0.15, 0.2) is 0 Å². The summed E-state index contributed by atoms with van der Waals surface area (Å²) in [6, 6.07) is 6.69. The van der Waals surface area contributed by atoms with Gasteiger partial charge in [-0.2, -0.15) is 0 Å². The molecule has 0 bridgehead atoms. The monoisotopic (exact) mass is 379 g/mol. The number of carbonyl (C=O) groups excluding carboxylic acids is 2. The molecule has 1 fully saturated rings. The Bertz CT molecular complexity index is 794. The van der Waals surface area contributed by atoms with E-state index in [9.17, 15) is 9.59 Å². The Kier molecular flexibility index (Phi) is 5.35. The first-order valence-corrected chi connectivity index (χ1v) is 8.35. The minimum absolute atomic E-state index is 0.190. The number of nitrogens with zero attached hydrogens (tertiary/aromatic N) is 4. The van der Waals surface area contributed by atoms with Gasteiger partial charge in [0.25, 0.3) is 5.91 Å². The molecule has 2 aromatic rings. The first-order valence-electron chi connectivity index (χ1n) is 7.59. The SMILES string of the molecule is O=CN1CCN(C(=O)c2cc(Nc3ccc(Cl)c(Cl)c3)ncn2)CC1. The minimum atomic E-state index is -0.190. The van der Waals surface area contributed by atoms with Gasteiger partial charge in [0.05, 0.1) is 10.0 Å². The van der Waals surface area contributed by atoms with Gasteiger partial charge in [-0.05, 0) is 18.2 Å². The molecule has 9 heteroatoms. The first-order chi connectivity index (χ1) is 12.1. The maximum atomic E-state index is 12.6. The normalized spacial score (nSPS) is 14.3. The van der Waals surface area contributed by atoms with Gasteiger partial charge in [0.2, 0.25) is 6.41 Å². The van der Waals surface area contributed by atoms with Gasteiger partial charge in [-0.3, -0.25) is 9.59 Å². The second kappa shape index (κ2) is 7.67. The van der Waals surface area contributed by atoms with E-state index in [1.165, 1.54) is 6.33 Å². The molecule has 0 radical (unpaired) electrons. The molecule has 1 aromatic heterocycles. The minimum Gasteiger partial charge on any atom is -0.342 e. The molecule has 25 heavy (non-hydrogen) atoms. The Hall–Kier alpha value is -2.38. The fraction of sp³-hybridized carbons (Fsp3) is 0.250. The van der Waals surface area contributed by atoms with Crippen LogP contribution in [-0.2, 0) is 4.79 Å². The van der Waals surface area contributed by atoms with Crippen molar-refractivity contribution in [2.45, 2.75) is 0 Å². The highest BCUT2D eigenvalue weighted by Gasteiger charge is 2.22. The molecule has 0 aliphatic carbocycles. The van der Waals surface area contributed by atoms with E-state index >= 15 is 0 Å². The molecule has 0 saturated carbocycles. The first kappa shape index (κ1) is 17.4. The molecule has 1 aromatic carbocycles. The van der Waals surface area contributed by atoms with Gasteiger partial charge >= 0.3 is 0 Å². The number of nitrogens with one attached hydrogen (secondary N) is 1. The molecule has 7 nitrogen and oxygen atoms in total. The van der Waals surface area contributed by atoms with Crippen molar-refractivity contribution in [2.24, 2.45) is 0 Å². The molecule has 2 heterocycles. The van der Waals surface area contributed by atoms with Crippen molar-refractivity contribution in [3.05, 3.63) is 46.3 Å². The third-order valence-electron chi connectivity index (χ3n) is 3.83. The zero-order chi connectivity index (χ0) is 17.8. The van der Waals surface area contributed by atoms with Crippen LogP contribution in [0.2, 0.25) is 10.0 Å². The number of hydrogen-bond acceptors (Lipinski definition) is 5. The number of anilines is 2. The topological polar surface area (TPSA) is 78.4 Å². The summed E-state index contributed by atoms with van der Waals surface area (Å²) in [5, 5.41) is 3.95. The second-order valence-electron chi connectivity index (χ2n) is 5.48. The lowest BCUT2D eigenvalue weighted by atomic mass is 10.2. The molecule has 0 unspecified atom stereocenters. The van der Waals surface area contributed by atoms with Crippen LogP contribution in [0.4, 0.5) is 11.5 Å². The highest BCUT2D eigenvalue weighted by atomic mass is 35.5. The number of benzene rings is 1. The summed E-state index contributed by atoms with van der Waals surface area (Å²) in [6.45, 7) is 2.01. The van der Waals surface area contributed by atoms with Crippen molar-refractivity contribution in [1.29, 1.82) is 0 Å². The zero-order valence-corrected chi connectivity index (χ0v) is 14.7. The Morgan fingerprint density at radius 1 is 1.08 bits per heavy atom. The van der Waals surface area contributed by atoms with Crippen LogP contribution >= 0.6 is 23.2 Å². The number of halogens is 2. The third-order valence-corrected chi connectivity index (χ3v) is 4.57. The van der Waals surface area contributed by atoms with Crippen molar-refractivity contribution >= 4 is 47.0 Å². The van der Waals surface area contributed by atoms with E-state index in [2.05, 4.69) is 15.3 Å². The molecular weight excluding hydrogens is 365 g/mol. The average molecular weight is 380 g/mol. The Balaban J connectivity index is 1.71. The van der Waals surface area contributed by atoms with Gasteiger partial charge in [0.1, 0.15) is 17.8 Å². The van der Waals surface area contributed by atoms with Crippen LogP contribution in [0.5, 0.6) is 0 Å². The Labute approximate surface area is 154 Å². The number of hydrogen-bond donors (Lipinski definition) is 1. The van der Waals surface area contributed by atoms with Gasteiger partial charge in [-0.15, -0.1) is 0 Å². The van der Waals surface area contributed by atoms with Gasteiger partial charge in [-0.1, -0.05) is 23.2 Å². The summed E-state index contributed by atoms with van der Waals surface area (Å²) >= 11 is 11.9. The zero-order valence-electron chi connectivity index (χ0n) is 13.2. The summed E-state index contributed by atoms with van der Waals surface area (Å²) in [5.74, 6) is 0.286. The summed E-state index contributed by atoms with van der Waals surface area (Å²) in [4.78, 5) is 34.8. The van der Waals surface area contributed by atoms with E-state index in [0.717, 1.165) is 6.41 Å². The van der Waals surface area contributed by atoms with Gasteiger partial charge in [-0.25, -0.2) is 9.97 Å². The van der Waals surface area contributed by atoms with Crippen LogP contribution in [0.25, 0.3) is 0 Å². The maximum Gasteiger partial charge on any atom is 0.272 e. The van der Waals surface area contributed by atoms with Crippen LogP contribution in [-0.4, -0.2) is 58.3 Å². The van der Waals surface area contributed by atoms with Crippen molar-refractivity contribution < 1.29 is 9.59 Å².